The van der Waals surface area contributed by atoms with Crippen molar-refractivity contribution in [1.82, 2.24) is 0 Å². The van der Waals surface area contributed by atoms with E-state index in [1.165, 1.54) is 0 Å². The van der Waals surface area contributed by atoms with Gasteiger partial charge in [-0.15, -0.1) is 0 Å². The molecule has 0 amide bonds. The molecule has 72 valence electrons. The maximum absolute atomic E-state index is 11.0. The maximum atomic E-state index is 11.0. The summed E-state index contributed by atoms with van der Waals surface area (Å²) in [6, 6.07) is 0. The van der Waals surface area contributed by atoms with Crippen LogP contribution in [-0.2, 0) is 9.53 Å². The van der Waals surface area contributed by atoms with Gasteiger partial charge in [-0.1, -0.05) is 20.8 Å². The third-order valence-corrected chi connectivity index (χ3v) is 2.22. The molecule has 3 heteroatoms. The quantitative estimate of drug-likeness (QED) is 0.692. The van der Waals surface area contributed by atoms with Crippen LogP contribution in [0.5, 0.6) is 0 Å². The first kappa shape index (κ1) is 11.4. The van der Waals surface area contributed by atoms with Gasteiger partial charge in [0.1, 0.15) is 0 Å². The van der Waals surface area contributed by atoms with Crippen LogP contribution in [0.4, 0.5) is 0 Å². The Balaban J connectivity index is 4.63. The molecule has 0 heterocycles. The number of carboxylic acid groups (broad SMARTS) is 1. The normalized spacial score (nSPS) is 16.1. The van der Waals surface area contributed by atoms with E-state index in [0.29, 0.717) is 13.0 Å². The van der Waals surface area contributed by atoms with Crippen molar-refractivity contribution in [2.45, 2.75) is 39.7 Å². The Morgan fingerprint density at radius 3 is 2.08 bits per heavy atom. The van der Waals surface area contributed by atoms with Crippen LogP contribution < -0.4 is 0 Å². The summed E-state index contributed by atoms with van der Waals surface area (Å²) in [6.45, 7) is 7.83. The van der Waals surface area contributed by atoms with E-state index >= 15 is 0 Å². The molecule has 0 bridgehead atoms. The third kappa shape index (κ3) is 1.97. The first-order chi connectivity index (χ1) is 5.51. The zero-order valence-corrected chi connectivity index (χ0v) is 8.26. The molecule has 0 fully saturated rings. The molecule has 0 aliphatic rings. The van der Waals surface area contributed by atoms with Crippen molar-refractivity contribution in [2.75, 3.05) is 6.61 Å². The molecule has 1 atom stereocenters. The van der Waals surface area contributed by atoms with Gasteiger partial charge in [-0.2, -0.15) is 0 Å². The molecule has 0 spiro atoms. The molecule has 0 aromatic heterocycles. The Morgan fingerprint density at radius 1 is 1.50 bits per heavy atom. The summed E-state index contributed by atoms with van der Waals surface area (Å²) in [6.07, 6.45) is 0.508. The Bertz CT molecular complexity index is 154. The van der Waals surface area contributed by atoms with E-state index in [0.717, 1.165) is 0 Å². The van der Waals surface area contributed by atoms with Crippen LogP contribution in [0, 0.1) is 5.92 Å². The van der Waals surface area contributed by atoms with Gasteiger partial charge in [0.05, 0.1) is 0 Å². The lowest BCUT2D eigenvalue weighted by atomic mass is 9.87. The van der Waals surface area contributed by atoms with Crippen LogP contribution in [-0.4, -0.2) is 23.3 Å². The molecule has 0 aromatic carbocycles. The molecule has 12 heavy (non-hydrogen) atoms. The first-order valence-corrected chi connectivity index (χ1v) is 4.38. The first-order valence-electron chi connectivity index (χ1n) is 4.38. The van der Waals surface area contributed by atoms with Crippen molar-refractivity contribution in [2.24, 2.45) is 5.92 Å². The van der Waals surface area contributed by atoms with Gasteiger partial charge in [-0.05, 0) is 19.3 Å². The van der Waals surface area contributed by atoms with Gasteiger partial charge in [-0.25, -0.2) is 4.79 Å². The molecule has 0 radical (unpaired) electrons. The predicted octanol–water partition coefficient (Wildman–Crippen LogP) is 1.91. The molecule has 0 aromatic rings. The van der Waals surface area contributed by atoms with Gasteiger partial charge in [0.2, 0.25) is 0 Å². The van der Waals surface area contributed by atoms with Gasteiger partial charge in [0.15, 0.2) is 5.60 Å². The fourth-order valence-electron chi connectivity index (χ4n) is 1.39. The van der Waals surface area contributed by atoms with E-state index in [1.54, 1.807) is 0 Å². The topological polar surface area (TPSA) is 46.5 Å². The van der Waals surface area contributed by atoms with Crippen molar-refractivity contribution >= 4 is 5.97 Å². The standard InChI is InChI=1S/C9H18O3/c1-5-9(7(3)4,8(10)11)12-6-2/h7H,5-6H2,1-4H3,(H,10,11). The van der Waals surface area contributed by atoms with Crippen LogP contribution in [0.3, 0.4) is 0 Å². The highest BCUT2D eigenvalue weighted by molar-refractivity contribution is 5.77. The minimum Gasteiger partial charge on any atom is -0.479 e. The number of aliphatic carboxylic acids is 1. The van der Waals surface area contributed by atoms with Crippen molar-refractivity contribution < 1.29 is 14.6 Å². The fraction of sp³-hybridized carbons (Fsp3) is 0.889. The van der Waals surface area contributed by atoms with Crippen LogP contribution in [0.25, 0.3) is 0 Å². The van der Waals surface area contributed by atoms with E-state index in [-0.39, 0.29) is 5.92 Å². The zero-order chi connectivity index (χ0) is 9.78. The van der Waals surface area contributed by atoms with E-state index in [2.05, 4.69) is 0 Å². The minimum absolute atomic E-state index is 0.0000463. The van der Waals surface area contributed by atoms with Crippen LogP contribution in [0.1, 0.15) is 34.1 Å². The van der Waals surface area contributed by atoms with E-state index < -0.39 is 11.6 Å². The minimum atomic E-state index is -0.991. The summed E-state index contributed by atoms with van der Waals surface area (Å²) in [5.41, 5.74) is -0.991. The van der Waals surface area contributed by atoms with Crippen molar-refractivity contribution in [3.05, 3.63) is 0 Å². The van der Waals surface area contributed by atoms with Gasteiger partial charge in [0.25, 0.3) is 0 Å². The molecule has 0 saturated carbocycles. The molecule has 0 aliphatic carbocycles. The molecule has 0 aliphatic heterocycles. The van der Waals surface area contributed by atoms with Crippen LogP contribution in [0.15, 0.2) is 0 Å². The summed E-state index contributed by atoms with van der Waals surface area (Å²) in [7, 11) is 0. The number of hydrogen-bond acceptors (Lipinski definition) is 2. The molecular weight excluding hydrogens is 156 g/mol. The second kappa shape index (κ2) is 4.45. The Kier molecular flexibility index (Phi) is 4.24. The smallest absolute Gasteiger partial charge is 0.336 e. The largest absolute Gasteiger partial charge is 0.479 e. The highest BCUT2D eigenvalue weighted by atomic mass is 16.5. The fourth-order valence-corrected chi connectivity index (χ4v) is 1.39. The molecule has 1 N–H and O–H groups in total. The zero-order valence-electron chi connectivity index (χ0n) is 8.26. The van der Waals surface area contributed by atoms with Crippen molar-refractivity contribution in [3.8, 4) is 0 Å². The Hall–Kier alpha value is -0.570. The number of hydrogen-bond donors (Lipinski definition) is 1. The Labute approximate surface area is 73.7 Å². The third-order valence-electron chi connectivity index (χ3n) is 2.22. The Morgan fingerprint density at radius 2 is 2.00 bits per heavy atom. The molecule has 1 unspecified atom stereocenters. The van der Waals surface area contributed by atoms with E-state index in [9.17, 15) is 4.79 Å². The highest BCUT2D eigenvalue weighted by Gasteiger charge is 2.40. The second-order valence-corrected chi connectivity index (χ2v) is 3.14. The number of carbonyl (C=O) groups is 1. The lowest BCUT2D eigenvalue weighted by molar-refractivity contribution is -0.172. The van der Waals surface area contributed by atoms with E-state index in [4.69, 9.17) is 9.84 Å². The summed E-state index contributed by atoms with van der Waals surface area (Å²) in [4.78, 5) is 11.0. The number of rotatable bonds is 5. The van der Waals surface area contributed by atoms with Crippen molar-refractivity contribution in [3.63, 3.8) is 0 Å². The number of carboxylic acids is 1. The summed E-state index contributed by atoms with van der Waals surface area (Å²) >= 11 is 0. The van der Waals surface area contributed by atoms with Gasteiger partial charge >= 0.3 is 5.97 Å². The molecule has 0 rings (SSSR count). The van der Waals surface area contributed by atoms with E-state index in [1.807, 2.05) is 27.7 Å². The predicted molar refractivity (Wildman–Crippen MR) is 47.1 cm³/mol. The van der Waals surface area contributed by atoms with Crippen LogP contribution >= 0.6 is 0 Å². The van der Waals surface area contributed by atoms with Gasteiger partial charge < -0.3 is 9.84 Å². The average molecular weight is 174 g/mol. The lowest BCUT2D eigenvalue weighted by Gasteiger charge is -2.31. The maximum Gasteiger partial charge on any atom is 0.336 e. The summed E-state index contributed by atoms with van der Waals surface area (Å²) in [5, 5.41) is 9.00. The van der Waals surface area contributed by atoms with Gasteiger partial charge in [-0.3, -0.25) is 0 Å². The summed E-state index contributed by atoms with van der Waals surface area (Å²) < 4.78 is 5.30. The SMILES string of the molecule is CCOC(CC)(C(=O)O)C(C)C. The molecule has 3 nitrogen and oxygen atoms in total. The summed E-state index contributed by atoms with van der Waals surface area (Å²) in [5.74, 6) is -0.859. The monoisotopic (exact) mass is 174 g/mol. The second-order valence-electron chi connectivity index (χ2n) is 3.14. The molecule has 0 saturated heterocycles. The lowest BCUT2D eigenvalue weighted by Crippen LogP contribution is -2.45. The average Bonchev–Trinajstić information content (AvgIpc) is 1.98. The molecular formula is C9H18O3. The van der Waals surface area contributed by atoms with Crippen molar-refractivity contribution in [1.29, 1.82) is 0 Å². The van der Waals surface area contributed by atoms with Crippen LogP contribution in [0.2, 0.25) is 0 Å². The van der Waals surface area contributed by atoms with Gasteiger partial charge in [0, 0.05) is 6.61 Å². The highest BCUT2D eigenvalue weighted by Crippen LogP contribution is 2.25. The number of ether oxygens (including phenoxy) is 1.